The molecule has 1 aromatic heterocycles. The Bertz CT molecular complexity index is 381. The predicted molar refractivity (Wildman–Crippen MR) is 70.4 cm³/mol. The molecule has 2 N–H and O–H groups in total. The van der Waals surface area contributed by atoms with Gasteiger partial charge in [-0.15, -0.1) is 0 Å². The number of aryl methyl sites for hydroxylation is 2. The molecule has 0 aliphatic heterocycles. The van der Waals surface area contributed by atoms with Crippen LogP contribution in [0.2, 0.25) is 0 Å². The summed E-state index contributed by atoms with van der Waals surface area (Å²) in [6, 6.07) is 1.76. The zero-order valence-electron chi connectivity index (χ0n) is 11.7. The molecule has 5 nitrogen and oxygen atoms in total. The third-order valence-corrected chi connectivity index (χ3v) is 3.81. The van der Waals surface area contributed by atoms with Gasteiger partial charge in [0.05, 0.1) is 6.61 Å². The van der Waals surface area contributed by atoms with E-state index in [-0.39, 0.29) is 17.9 Å². The van der Waals surface area contributed by atoms with Gasteiger partial charge < -0.3 is 10.4 Å². The number of nitrogens with one attached hydrogen (secondary N) is 1. The van der Waals surface area contributed by atoms with E-state index in [2.05, 4.69) is 10.4 Å². The Morgan fingerprint density at radius 1 is 1.50 bits per heavy atom. The predicted octanol–water partition coefficient (Wildman–Crippen LogP) is 1.26. The maximum absolute atomic E-state index is 11.9. The quantitative estimate of drug-likeness (QED) is 0.802. The third-order valence-electron chi connectivity index (χ3n) is 3.81. The fraction of sp³-hybridized carbons (Fsp3) is 0.692. The van der Waals surface area contributed by atoms with E-state index in [0.717, 1.165) is 18.5 Å². The number of aromatic nitrogens is 2. The van der Waals surface area contributed by atoms with Gasteiger partial charge in [0.1, 0.15) is 5.69 Å². The van der Waals surface area contributed by atoms with Gasteiger partial charge in [-0.2, -0.15) is 5.10 Å². The Morgan fingerprint density at radius 3 is 2.50 bits per heavy atom. The minimum absolute atomic E-state index is 0.0848. The van der Waals surface area contributed by atoms with E-state index in [1.165, 1.54) is 0 Å². The van der Waals surface area contributed by atoms with Crippen LogP contribution < -0.4 is 5.32 Å². The molecular formula is C13H23N3O2. The number of nitrogens with zero attached hydrogens (tertiary/aromatic N) is 2. The molecule has 0 aromatic carbocycles. The van der Waals surface area contributed by atoms with E-state index in [0.29, 0.717) is 12.2 Å². The van der Waals surface area contributed by atoms with Gasteiger partial charge >= 0.3 is 0 Å². The van der Waals surface area contributed by atoms with Crippen molar-refractivity contribution in [2.24, 2.45) is 12.5 Å². The van der Waals surface area contributed by atoms with Crippen molar-refractivity contribution < 1.29 is 9.90 Å². The number of aliphatic hydroxyl groups excluding tert-OH is 1. The van der Waals surface area contributed by atoms with Crippen LogP contribution in [0.4, 0.5) is 0 Å². The molecule has 0 radical (unpaired) electrons. The smallest absolute Gasteiger partial charge is 0.271 e. The first-order valence-corrected chi connectivity index (χ1v) is 6.37. The molecule has 0 saturated carbocycles. The Morgan fingerprint density at radius 2 is 2.11 bits per heavy atom. The molecule has 0 unspecified atom stereocenters. The molecule has 0 aliphatic rings. The van der Waals surface area contributed by atoms with Crippen LogP contribution in [0, 0.1) is 12.3 Å². The van der Waals surface area contributed by atoms with Crippen molar-refractivity contribution in [3.63, 3.8) is 0 Å². The fourth-order valence-corrected chi connectivity index (χ4v) is 1.81. The summed E-state index contributed by atoms with van der Waals surface area (Å²) in [5, 5.41) is 16.4. The van der Waals surface area contributed by atoms with Crippen molar-refractivity contribution in [2.45, 2.75) is 33.6 Å². The molecule has 0 saturated heterocycles. The highest BCUT2D eigenvalue weighted by Crippen LogP contribution is 2.24. The number of carbonyl (C=O) groups is 1. The summed E-state index contributed by atoms with van der Waals surface area (Å²) in [6.07, 6.45) is 1.67. The highest BCUT2D eigenvalue weighted by Gasteiger charge is 2.26. The van der Waals surface area contributed by atoms with Crippen LogP contribution in [0.3, 0.4) is 0 Å². The summed E-state index contributed by atoms with van der Waals surface area (Å²) in [5.74, 6) is -0.182. The monoisotopic (exact) mass is 253 g/mol. The van der Waals surface area contributed by atoms with Crippen LogP contribution in [0.25, 0.3) is 0 Å². The summed E-state index contributed by atoms with van der Waals surface area (Å²) in [6.45, 7) is 6.51. The van der Waals surface area contributed by atoms with E-state index in [9.17, 15) is 9.90 Å². The van der Waals surface area contributed by atoms with Gasteiger partial charge in [-0.1, -0.05) is 13.8 Å². The van der Waals surface area contributed by atoms with Gasteiger partial charge in [-0.3, -0.25) is 9.48 Å². The van der Waals surface area contributed by atoms with Crippen molar-refractivity contribution in [1.82, 2.24) is 15.1 Å². The number of hydrogen-bond donors (Lipinski definition) is 2. The van der Waals surface area contributed by atoms with Gasteiger partial charge in [-0.05, 0) is 25.8 Å². The molecule has 5 heteroatoms. The van der Waals surface area contributed by atoms with E-state index in [4.69, 9.17) is 0 Å². The standard InChI is InChI=1S/C13H23N3O2/c1-5-13(6-2,9-17)8-14-12(18)11-7-10(3)16(4)15-11/h7,17H,5-6,8-9H2,1-4H3,(H,14,18). The zero-order valence-corrected chi connectivity index (χ0v) is 11.7. The molecule has 1 rings (SSSR count). The lowest BCUT2D eigenvalue weighted by Crippen LogP contribution is -2.39. The molecule has 0 atom stereocenters. The average molecular weight is 253 g/mol. The maximum atomic E-state index is 11.9. The first-order valence-electron chi connectivity index (χ1n) is 6.37. The number of hydrogen-bond acceptors (Lipinski definition) is 3. The third kappa shape index (κ3) is 3.10. The largest absolute Gasteiger partial charge is 0.396 e. The molecule has 0 fully saturated rings. The number of aliphatic hydroxyl groups is 1. The minimum atomic E-state index is -0.223. The maximum Gasteiger partial charge on any atom is 0.271 e. The first-order chi connectivity index (χ1) is 8.48. The molecule has 0 aliphatic carbocycles. The summed E-state index contributed by atoms with van der Waals surface area (Å²) in [5.41, 5.74) is 1.15. The Labute approximate surface area is 108 Å². The Balaban J connectivity index is 2.65. The summed E-state index contributed by atoms with van der Waals surface area (Å²) in [7, 11) is 1.81. The van der Waals surface area contributed by atoms with Crippen molar-refractivity contribution in [3.05, 3.63) is 17.5 Å². The van der Waals surface area contributed by atoms with Crippen LogP contribution in [0.15, 0.2) is 6.07 Å². The van der Waals surface area contributed by atoms with Gasteiger partial charge in [0, 0.05) is 24.7 Å². The topological polar surface area (TPSA) is 67.2 Å². The van der Waals surface area contributed by atoms with Crippen LogP contribution >= 0.6 is 0 Å². The van der Waals surface area contributed by atoms with Crippen LogP contribution in [-0.2, 0) is 7.05 Å². The minimum Gasteiger partial charge on any atom is -0.396 e. The van der Waals surface area contributed by atoms with E-state index >= 15 is 0 Å². The molecule has 0 bridgehead atoms. The van der Waals surface area contributed by atoms with Gasteiger partial charge in [0.25, 0.3) is 5.91 Å². The first kappa shape index (κ1) is 14.7. The molecule has 0 spiro atoms. The fourth-order valence-electron chi connectivity index (χ4n) is 1.81. The Hall–Kier alpha value is -1.36. The second kappa shape index (κ2) is 6.00. The normalized spacial score (nSPS) is 11.6. The second-order valence-corrected chi connectivity index (χ2v) is 4.84. The number of rotatable bonds is 6. The molecule has 18 heavy (non-hydrogen) atoms. The van der Waals surface area contributed by atoms with Crippen LogP contribution in [0.1, 0.15) is 42.9 Å². The van der Waals surface area contributed by atoms with Gasteiger partial charge in [0.15, 0.2) is 0 Å². The van der Waals surface area contributed by atoms with Gasteiger partial charge in [-0.25, -0.2) is 0 Å². The zero-order chi connectivity index (χ0) is 13.8. The highest BCUT2D eigenvalue weighted by atomic mass is 16.3. The van der Waals surface area contributed by atoms with Crippen LogP contribution in [-0.4, -0.2) is 33.9 Å². The lowest BCUT2D eigenvalue weighted by molar-refractivity contribution is 0.0846. The molecule has 1 amide bonds. The number of carbonyl (C=O) groups excluding carboxylic acids is 1. The van der Waals surface area contributed by atoms with Gasteiger partial charge in [0.2, 0.25) is 0 Å². The SMILES string of the molecule is CCC(CC)(CO)CNC(=O)c1cc(C)n(C)n1. The number of amides is 1. The molecular weight excluding hydrogens is 230 g/mol. The molecule has 1 heterocycles. The lowest BCUT2D eigenvalue weighted by Gasteiger charge is -2.29. The van der Waals surface area contributed by atoms with E-state index in [1.54, 1.807) is 10.7 Å². The van der Waals surface area contributed by atoms with Crippen LogP contribution in [0.5, 0.6) is 0 Å². The second-order valence-electron chi connectivity index (χ2n) is 4.84. The summed E-state index contributed by atoms with van der Waals surface area (Å²) in [4.78, 5) is 11.9. The lowest BCUT2D eigenvalue weighted by atomic mass is 9.83. The van der Waals surface area contributed by atoms with Crippen molar-refractivity contribution >= 4 is 5.91 Å². The Kier molecular flexibility index (Phi) is 4.90. The van der Waals surface area contributed by atoms with Crippen molar-refractivity contribution in [1.29, 1.82) is 0 Å². The summed E-state index contributed by atoms with van der Waals surface area (Å²) >= 11 is 0. The van der Waals surface area contributed by atoms with E-state index in [1.807, 2.05) is 27.8 Å². The van der Waals surface area contributed by atoms with Crippen molar-refractivity contribution in [2.75, 3.05) is 13.2 Å². The van der Waals surface area contributed by atoms with E-state index < -0.39 is 0 Å². The summed E-state index contributed by atoms with van der Waals surface area (Å²) < 4.78 is 1.67. The van der Waals surface area contributed by atoms with Crippen molar-refractivity contribution in [3.8, 4) is 0 Å². The molecule has 1 aromatic rings. The average Bonchev–Trinajstić information content (AvgIpc) is 2.72. The highest BCUT2D eigenvalue weighted by molar-refractivity contribution is 5.92. The molecule has 102 valence electrons.